The number of fused-ring (bicyclic) bond motifs is 3. The van der Waals surface area contributed by atoms with Crippen molar-refractivity contribution < 1.29 is 13.9 Å². The number of hydrogen-bond acceptors (Lipinski definition) is 5. The average Bonchev–Trinajstić information content (AvgIpc) is 2.72. The summed E-state index contributed by atoms with van der Waals surface area (Å²) in [7, 11) is 0. The van der Waals surface area contributed by atoms with Gasteiger partial charge < -0.3 is 14.5 Å². The zero-order valence-electron chi connectivity index (χ0n) is 15.9. The van der Waals surface area contributed by atoms with Crippen molar-refractivity contribution in [1.29, 1.82) is 0 Å². The highest BCUT2D eigenvalue weighted by molar-refractivity contribution is 6.07. The fraction of sp³-hybridized carbons (Fsp3) is 0.130. The Kier molecular flexibility index (Phi) is 5.16. The minimum atomic E-state index is -0.484. The summed E-state index contributed by atoms with van der Waals surface area (Å²) in [5, 5.41) is 9.03. The number of amides is 1. The van der Waals surface area contributed by atoms with E-state index in [9.17, 15) is 9.59 Å². The van der Waals surface area contributed by atoms with Crippen LogP contribution >= 0.6 is 0 Å². The van der Waals surface area contributed by atoms with Crippen molar-refractivity contribution in [3.05, 3.63) is 82.7 Å². The lowest BCUT2D eigenvalue weighted by atomic mass is 10.0. The van der Waals surface area contributed by atoms with Crippen LogP contribution in [-0.2, 0) is 11.3 Å². The van der Waals surface area contributed by atoms with E-state index in [2.05, 4.69) is 10.6 Å². The lowest BCUT2D eigenvalue weighted by Gasteiger charge is -2.11. The van der Waals surface area contributed by atoms with Crippen molar-refractivity contribution in [3.63, 3.8) is 0 Å². The quantitative estimate of drug-likeness (QED) is 0.366. The van der Waals surface area contributed by atoms with Gasteiger partial charge in [-0.05, 0) is 53.6 Å². The summed E-state index contributed by atoms with van der Waals surface area (Å²) in [4.78, 5) is 23.5. The van der Waals surface area contributed by atoms with Gasteiger partial charge in [-0.15, -0.1) is 0 Å². The second-order valence-electron chi connectivity index (χ2n) is 6.53. The summed E-state index contributed by atoms with van der Waals surface area (Å²) in [6.45, 7) is 2.53. The van der Waals surface area contributed by atoms with Crippen LogP contribution in [0.4, 0.5) is 16.2 Å². The Hall–Kier alpha value is -3.80. The molecule has 6 nitrogen and oxygen atoms in total. The maximum absolute atomic E-state index is 12.0. The minimum absolute atomic E-state index is 0.319. The molecule has 6 heteroatoms. The molecular weight excluding hydrogens is 368 g/mol. The predicted molar refractivity (Wildman–Crippen MR) is 114 cm³/mol. The number of carbonyl (C=O) groups excluding carboxylic acids is 1. The Bertz CT molecular complexity index is 1230. The van der Waals surface area contributed by atoms with E-state index in [1.807, 2.05) is 48.5 Å². The topological polar surface area (TPSA) is 80.6 Å². The van der Waals surface area contributed by atoms with Crippen LogP contribution in [0.15, 0.2) is 75.9 Å². The number of carbonyl (C=O) groups is 1. The molecule has 1 aromatic heterocycles. The molecule has 0 aliphatic heterocycles. The summed E-state index contributed by atoms with van der Waals surface area (Å²) >= 11 is 0. The van der Waals surface area contributed by atoms with Crippen LogP contribution in [-0.4, -0.2) is 12.7 Å². The summed E-state index contributed by atoms with van der Waals surface area (Å²) < 4.78 is 10.3. The first-order valence-electron chi connectivity index (χ1n) is 9.36. The molecule has 0 saturated carbocycles. The van der Waals surface area contributed by atoms with E-state index in [4.69, 9.17) is 9.15 Å². The molecule has 0 spiro atoms. The van der Waals surface area contributed by atoms with Gasteiger partial charge in [0.05, 0.1) is 6.61 Å². The van der Waals surface area contributed by atoms with Gasteiger partial charge in [0.15, 0.2) is 0 Å². The van der Waals surface area contributed by atoms with Crippen LogP contribution in [0.1, 0.15) is 12.5 Å². The molecule has 1 heterocycles. The van der Waals surface area contributed by atoms with E-state index in [-0.39, 0.29) is 5.63 Å². The summed E-state index contributed by atoms with van der Waals surface area (Å²) in [6, 6.07) is 20.6. The van der Waals surface area contributed by atoms with Gasteiger partial charge in [0, 0.05) is 29.4 Å². The van der Waals surface area contributed by atoms with Crippen LogP contribution in [0.25, 0.3) is 21.7 Å². The highest BCUT2D eigenvalue weighted by Gasteiger charge is 2.10. The van der Waals surface area contributed by atoms with Gasteiger partial charge in [0.1, 0.15) is 5.58 Å². The molecule has 0 fully saturated rings. The monoisotopic (exact) mass is 388 g/mol. The Morgan fingerprint density at radius 2 is 1.76 bits per heavy atom. The largest absolute Gasteiger partial charge is 0.450 e. The molecule has 2 N–H and O–H groups in total. The molecule has 1 amide bonds. The molecular formula is C23H20N2O4. The highest BCUT2D eigenvalue weighted by atomic mass is 16.5. The molecule has 4 rings (SSSR count). The first-order chi connectivity index (χ1) is 14.1. The van der Waals surface area contributed by atoms with E-state index in [0.717, 1.165) is 27.4 Å². The Labute approximate surface area is 167 Å². The van der Waals surface area contributed by atoms with E-state index < -0.39 is 6.09 Å². The first kappa shape index (κ1) is 18.6. The van der Waals surface area contributed by atoms with Crippen molar-refractivity contribution in [2.45, 2.75) is 13.5 Å². The molecule has 3 aromatic carbocycles. The molecule has 0 aliphatic carbocycles. The van der Waals surface area contributed by atoms with Gasteiger partial charge in [-0.1, -0.05) is 30.3 Å². The molecule has 146 valence electrons. The molecule has 29 heavy (non-hydrogen) atoms. The Morgan fingerprint density at radius 3 is 2.55 bits per heavy atom. The molecule has 0 unspecified atom stereocenters. The maximum Gasteiger partial charge on any atom is 0.411 e. The standard InChI is InChI=1S/C23H20N2O4/c1-2-28-23(27)25-18-10-8-17(9-11-18)24-14-16-13-21(26)29-20-12-7-15-5-3-4-6-19(15)22(16)20/h3-13,24H,2,14H2,1H3,(H,25,27). The SMILES string of the molecule is CCOC(=O)Nc1ccc(NCc2cc(=O)oc3ccc4ccccc4c23)cc1. The lowest BCUT2D eigenvalue weighted by molar-refractivity contribution is 0.168. The third kappa shape index (κ3) is 4.06. The van der Waals surface area contributed by atoms with Crippen LogP contribution in [0.5, 0.6) is 0 Å². The summed E-state index contributed by atoms with van der Waals surface area (Å²) in [5.41, 5.74) is 2.56. The third-order valence-electron chi connectivity index (χ3n) is 4.60. The zero-order valence-corrected chi connectivity index (χ0v) is 15.9. The number of anilines is 2. The minimum Gasteiger partial charge on any atom is -0.450 e. The number of nitrogens with one attached hydrogen (secondary N) is 2. The van der Waals surface area contributed by atoms with E-state index in [1.165, 1.54) is 6.07 Å². The smallest absolute Gasteiger partial charge is 0.411 e. The molecule has 4 aromatic rings. The molecule has 0 saturated heterocycles. The van der Waals surface area contributed by atoms with Crippen LogP contribution in [0.3, 0.4) is 0 Å². The van der Waals surface area contributed by atoms with Crippen molar-refractivity contribution in [2.24, 2.45) is 0 Å². The maximum atomic E-state index is 12.0. The second-order valence-corrected chi connectivity index (χ2v) is 6.53. The first-order valence-corrected chi connectivity index (χ1v) is 9.36. The molecule has 0 bridgehead atoms. The van der Waals surface area contributed by atoms with Gasteiger partial charge in [0.25, 0.3) is 0 Å². The number of benzene rings is 3. The lowest BCUT2D eigenvalue weighted by Crippen LogP contribution is -2.13. The molecule has 0 atom stereocenters. The number of ether oxygens (including phenoxy) is 1. The van der Waals surface area contributed by atoms with Gasteiger partial charge >= 0.3 is 11.7 Å². The summed E-state index contributed by atoms with van der Waals surface area (Å²) in [6.07, 6.45) is -0.484. The zero-order chi connectivity index (χ0) is 20.2. The van der Waals surface area contributed by atoms with Crippen molar-refractivity contribution in [1.82, 2.24) is 0 Å². The van der Waals surface area contributed by atoms with Crippen molar-refractivity contribution >= 4 is 39.2 Å². The number of rotatable bonds is 5. The van der Waals surface area contributed by atoms with Gasteiger partial charge in [-0.2, -0.15) is 0 Å². The fourth-order valence-electron chi connectivity index (χ4n) is 3.31. The van der Waals surface area contributed by atoms with Crippen LogP contribution in [0.2, 0.25) is 0 Å². The highest BCUT2D eigenvalue weighted by Crippen LogP contribution is 2.28. The van der Waals surface area contributed by atoms with E-state index >= 15 is 0 Å². The third-order valence-corrected chi connectivity index (χ3v) is 4.60. The van der Waals surface area contributed by atoms with Crippen molar-refractivity contribution in [2.75, 3.05) is 17.2 Å². The van der Waals surface area contributed by atoms with Crippen LogP contribution < -0.4 is 16.3 Å². The van der Waals surface area contributed by atoms with Gasteiger partial charge in [0.2, 0.25) is 0 Å². The van der Waals surface area contributed by atoms with Crippen molar-refractivity contribution in [3.8, 4) is 0 Å². The van der Waals surface area contributed by atoms with Gasteiger partial charge in [-0.25, -0.2) is 9.59 Å². The summed E-state index contributed by atoms with van der Waals surface area (Å²) in [5.74, 6) is 0. The Balaban J connectivity index is 1.59. The predicted octanol–water partition coefficient (Wildman–Crippen LogP) is 5.13. The number of hydrogen-bond donors (Lipinski definition) is 2. The molecule has 0 aliphatic rings. The van der Waals surface area contributed by atoms with E-state index in [1.54, 1.807) is 19.1 Å². The Morgan fingerprint density at radius 1 is 1.00 bits per heavy atom. The van der Waals surface area contributed by atoms with E-state index in [0.29, 0.717) is 24.4 Å². The normalized spacial score (nSPS) is 10.8. The fourth-order valence-corrected chi connectivity index (χ4v) is 3.31. The molecule has 0 radical (unpaired) electrons. The van der Waals surface area contributed by atoms with Crippen LogP contribution in [0, 0.1) is 0 Å². The average molecular weight is 388 g/mol. The van der Waals surface area contributed by atoms with Gasteiger partial charge in [-0.3, -0.25) is 5.32 Å². The second kappa shape index (κ2) is 8.06.